The van der Waals surface area contributed by atoms with Crippen LogP contribution in [0.1, 0.15) is 25.1 Å². The van der Waals surface area contributed by atoms with Crippen LogP contribution in [0.2, 0.25) is 0 Å². The van der Waals surface area contributed by atoms with Crippen molar-refractivity contribution in [2.75, 3.05) is 6.61 Å². The second-order valence-electron chi connectivity index (χ2n) is 4.78. The van der Waals surface area contributed by atoms with Gasteiger partial charge in [-0.3, -0.25) is 4.79 Å². The van der Waals surface area contributed by atoms with Gasteiger partial charge >= 0.3 is 0 Å². The number of aliphatic hydroxyl groups excluding tert-OH is 1. The molecule has 0 aromatic carbocycles. The van der Waals surface area contributed by atoms with Crippen LogP contribution in [0, 0.1) is 6.92 Å². The van der Waals surface area contributed by atoms with Gasteiger partial charge in [0.05, 0.1) is 12.2 Å². The first kappa shape index (κ1) is 11.9. The van der Waals surface area contributed by atoms with Crippen LogP contribution in [0.15, 0.2) is 16.9 Å². The molecule has 1 aromatic heterocycles. The molecule has 0 amide bonds. The van der Waals surface area contributed by atoms with Crippen LogP contribution >= 0.6 is 0 Å². The second-order valence-corrected chi connectivity index (χ2v) is 4.78. The predicted octanol–water partition coefficient (Wildman–Crippen LogP) is 1.33. The van der Waals surface area contributed by atoms with Gasteiger partial charge in [-0.05, 0) is 32.9 Å². The summed E-state index contributed by atoms with van der Waals surface area (Å²) in [5.74, 6) is 0.620. The largest absolute Gasteiger partial charge is 0.483 e. The van der Waals surface area contributed by atoms with Crippen molar-refractivity contribution in [3.63, 3.8) is 0 Å². The molecule has 2 heterocycles. The van der Waals surface area contributed by atoms with Crippen molar-refractivity contribution in [2.24, 2.45) is 0 Å². The van der Waals surface area contributed by atoms with E-state index in [9.17, 15) is 4.79 Å². The maximum absolute atomic E-state index is 12.2. The molecule has 0 unspecified atom stereocenters. The van der Waals surface area contributed by atoms with E-state index in [1.807, 2.05) is 32.9 Å². The Labute approximate surface area is 100 Å². The highest BCUT2D eigenvalue weighted by atomic mass is 16.5. The molecule has 0 aliphatic carbocycles. The van der Waals surface area contributed by atoms with Crippen molar-refractivity contribution < 1.29 is 9.84 Å². The lowest BCUT2D eigenvalue weighted by molar-refractivity contribution is 0.158. The standard InChI is InChI=1S/C13H17NO3/c1-9-8-11-10(4-5-13(2,3)17-11)12(16)14(9)6-7-15/h4-5,8,15H,6-7H2,1-3H3. The van der Waals surface area contributed by atoms with Crippen molar-refractivity contribution in [3.05, 3.63) is 33.8 Å². The average molecular weight is 235 g/mol. The summed E-state index contributed by atoms with van der Waals surface area (Å²) >= 11 is 0. The molecule has 17 heavy (non-hydrogen) atoms. The van der Waals surface area contributed by atoms with Gasteiger partial charge < -0.3 is 14.4 Å². The van der Waals surface area contributed by atoms with Crippen LogP contribution in [0.4, 0.5) is 0 Å². The second kappa shape index (κ2) is 4.04. The third-order valence-electron chi connectivity index (χ3n) is 2.85. The third-order valence-corrected chi connectivity index (χ3v) is 2.85. The number of aliphatic hydroxyl groups is 1. The summed E-state index contributed by atoms with van der Waals surface area (Å²) in [6, 6.07) is 1.84. The molecule has 0 atom stereocenters. The summed E-state index contributed by atoms with van der Waals surface area (Å²) in [5.41, 5.74) is 0.868. The SMILES string of the molecule is Cc1cc2c(c(=O)n1CCO)C=CC(C)(C)O2. The molecule has 4 heteroatoms. The van der Waals surface area contributed by atoms with Crippen LogP contribution < -0.4 is 10.3 Å². The molecule has 0 saturated heterocycles. The minimum atomic E-state index is -0.380. The van der Waals surface area contributed by atoms with E-state index in [1.165, 1.54) is 0 Å². The van der Waals surface area contributed by atoms with E-state index in [2.05, 4.69) is 0 Å². The van der Waals surface area contributed by atoms with Gasteiger partial charge in [-0.25, -0.2) is 0 Å². The summed E-state index contributed by atoms with van der Waals surface area (Å²) in [5, 5.41) is 8.95. The maximum Gasteiger partial charge on any atom is 0.261 e. The van der Waals surface area contributed by atoms with E-state index in [1.54, 1.807) is 10.6 Å². The van der Waals surface area contributed by atoms with Gasteiger partial charge in [0, 0.05) is 18.3 Å². The van der Waals surface area contributed by atoms with Crippen molar-refractivity contribution in [1.82, 2.24) is 4.57 Å². The predicted molar refractivity (Wildman–Crippen MR) is 66.3 cm³/mol. The molecule has 4 nitrogen and oxygen atoms in total. The minimum absolute atomic E-state index is 0.0460. The zero-order chi connectivity index (χ0) is 12.6. The van der Waals surface area contributed by atoms with E-state index in [0.717, 1.165) is 5.69 Å². The molecular formula is C13H17NO3. The number of rotatable bonds is 2. The molecule has 92 valence electrons. The number of pyridine rings is 1. The summed E-state index contributed by atoms with van der Waals surface area (Å²) in [6.45, 7) is 6.00. The molecule has 0 fully saturated rings. The summed E-state index contributed by atoms with van der Waals surface area (Å²) < 4.78 is 7.31. The first-order valence-electron chi connectivity index (χ1n) is 5.68. The first-order chi connectivity index (χ1) is 7.94. The number of nitrogens with zero attached hydrogens (tertiary/aromatic N) is 1. The number of hydrogen-bond donors (Lipinski definition) is 1. The van der Waals surface area contributed by atoms with Gasteiger partial charge in [0.25, 0.3) is 5.56 Å². The highest BCUT2D eigenvalue weighted by Gasteiger charge is 2.24. The number of aryl methyl sites for hydroxylation is 1. The molecule has 1 N–H and O–H groups in total. The average Bonchev–Trinajstić information content (AvgIpc) is 2.22. The lowest BCUT2D eigenvalue weighted by Crippen LogP contribution is -2.33. The fourth-order valence-corrected chi connectivity index (χ4v) is 1.97. The minimum Gasteiger partial charge on any atom is -0.483 e. The maximum atomic E-state index is 12.2. The lowest BCUT2D eigenvalue weighted by atomic mass is 10.0. The first-order valence-corrected chi connectivity index (χ1v) is 5.68. The molecule has 0 saturated carbocycles. The smallest absolute Gasteiger partial charge is 0.261 e. The van der Waals surface area contributed by atoms with Crippen molar-refractivity contribution >= 4 is 6.08 Å². The van der Waals surface area contributed by atoms with Crippen LogP contribution in [0.25, 0.3) is 6.08 Å². The van der Waals surface area contributed by atoms with Crippen LogP contribution in [-0.4, -0.2) is 21.9 Å². The Bertz CT molecular complexity index is 526. The van der Waals surface area contributed by atoms with Crippen LogP contribution in [0.3, 0.4) is 0 Å². The fourth-order valence-electron chi connectivity index (χ4n) is 1.97. The number of hydrogen-bond acceptors (Lipinski definition) is 3. The molecule has 1 aliphatic heterocycles. The fraction of sp³-hybridized carbons (Fsp3) is 0.462. The monoisotopic (exact) mass is 235 g/mol. The van der Waals surface area contributed by atoms with E-state index in [4.69, 9.17) is 9.84 Å². The summed E-state index contributed by atoms with van der Waals surface area (Å²) in [4.78, 5) is 12.2. The molecule has 2 rings (SSSR count). The van der Waals surface area contributed by atoms with Gasteiger partial charge in [0.2, 0.25) is 0 Å². The van der Waals surface area contributed by atoms with Gasteiger partial charge in [-0.15, -0.1) is 0 Å². The van der Waals surface area contributed by atoms with Gasteiger partial charge in [0.1, 0.15) is 11.4 Å². The normalized spacial score (nSPS) is 16.5. The molecular weight excluding hydrogens is 218 g/mol. The van der Waals surface area contributed by atoms with E-state index >= 15 is 0 Å². The third kappa shape index (κ3) is 2.13. The zero-order valence-corrected chi connectivity index (χ0v) is 10.4. The highest BCUT2D eigenvalue weighted by Crippen LogP contribution is 2.29. The number of fused-ring (bicyclic) bond motifs is 1. The topological polar surface area (TPSA) is 51.5 Å². The van der Waals surface area contributed by atoms with E-state index in [0.29, 0.717) is 17.9 Å². The quantitative estimate of drug-likeness (QED) is 0.841. The molecule has 0 bridgehead atoms. The molecule has 1 aliphatic rings. The lowest BCUT2D eigenvalue weighted by Gasteiger charge is -2.28. The van der Waals surface area contributed by atoms with Crippen molar-refractivity contribution in [1.29, 1.82) is 0 Å². The Hall–Kier alpha value is -1.55. The Balaban J connectivity index is 2.58. The number of ether oxygens (including phenoxy) is 1. The Morgan fingerprint density at radius 3 is 2.82 bits per heavy atom. The van der Waals surface area contributed by atoms with E-state index in [-0.39, 0.29) is 17.8 Å². The highest BCUT2D eigenvalue weighted by molar-refractivity contribution is 5.60. The summed E-state index contributed by atoms with van der Waals surface area (Å²) in [6.07, 6.45) is 3.67. The Morgan fingerprint density at radius 1 is 1.47 bits per heavy atom. The van der Waals surface area contributed by atoms with Crippen LogP contribution in [0.5, 0.6) is 5.75 Å². The molecule has 0 radical (unpaired) electrons. The molecule has 1 aromatic rings. The molecule has 0 spiro atoms. The van der Waals surface area contributed by atoms with Crippen molar-refractivity contribution in [3.8, 4) is 5.75 Å². The number of aromatic nitrogens is 1. The van der Waals surface area contributed by atoms with E-state index < -0.39 is 0 Å². The zero-order valence-electron chi connectivity index (χ0n) is 10.4. The Kier molecular flexibility index (Phi) is 2.83. The van der Waals surface area contributed by atoms with Gasteiger partial charge in [-0.2, -0.15) is 0 Å². The van der Waals surface area contributed by atoms with Gasteiger partial charge in [0.15, 0.2) is 0 Å². The van der Waals surface area contributed by atoms with Gasteiger partial charge in [-0.1, -0.05) is 0 Å². The summed E-state index contributed by atoms with van der Waals surface area (Å²) in [7, 11) is 0. The van der Waals surface area contributed by atoms with Crippen LogP contribution in [-0.2, 0) is 6.54 Å². The van der Waals surface area contributed by atoms with Crippen molar-refractivity contribution in [2.45, 2.75) is 32.9 Å². The Morgan fingerprint density at radius 2 is 2.18 bits per heavy atom.